The number of carbonyl (C=O) groups is 7. The van der Waals surface area contributed by atoms with Gasteiger partial charge >= 0.3 is 42.2 Å². The van der Waals surface area contributed by atoms with Crippen LogP contribution in [0.15, 0.2) is 99.2 Å². The average molecular weight is 1830 g/mol. The Morgan fingerprint density at radius 3 is 1.27 bits per heavy atom. The molecule has 0 spiro atoms. The number of aliphatic carboxylic acids is 2. The van der Waals surface area contributed by atoms with E-state index in [0.717, 1.165) is 56.9 Å². The molecule has 1 aliphatic rings. The van der Waals surface area contributed by atoms with Crippen LogP contribution in [0.1, 0.15) is 218 Å². The number of nitro groups is 1. The summed E-state index contributed by atoms with van der Waals surface area (Å²) in [5, 5.41) is 42.3. The minimum Gasteiger partial charge on any atom is -0.480 e. The number of hydrogen-bond acceptors (Lipinski definition) is 31. The van der Waals surface area contributed by atoms with Crippen LogP contribution < -0.4 is 40.7 Å². The van der Waals surface area contributed by atoms with Crippen LogP contribution in [-0.2, 0) is 75.6 Å². The minimum atomic E-state index is -1.11. The van der Waals surface area contributed by atoms with Crippen molar-refractivity contribution in [3.05, 3.63) is 120 Å². The Morgan fingerprint density at radius 1 is 0.500 bits per heavy atom. The fourth-order valence-corrected chi connectivity index (χ4v) is 13.3. The van der Waals surface area contributed by atoms with Crippen molar-refractivity contribution in [2.24, 2.45) is 5.92 Å². The number of amides is 3. The number of ether oxygens (including phenoxy) is 6. The Labute approximate surface area is 767 Å². The van der Waals surface area contributed by atoms with Crippen LogP contribution >= 0.6 is 0 Å². The summed E-state index contributed by atoms with van der Waals surface area (Å²) in [4.78, 5) is 154. The van der Waals surface area contributed by atoms with Crippen molar-refractivity contribution in [1.29, 1.82) is 0 Å². The number of nitrogens with one attached hydrogen (secondary N) is 4. The largest absolute Gasteiger partial charge is 0.480 e. The third kappa shape index (κ3) is 31.8. The van der Waals surface area contributed by atoms with E-state index in [-0.39, 0.29) is 91.7 Å². The highest BCUT2D eigenvalue weighted by Crippen LogP contribution is 2.35. The van der Waals surface area contributed by atoms with Gasteiger partial charge in [0.05, 0.1) is 43.4 Å². The molecule has 2 aromatic carbocycles. The van der Waals surface area contributed by atoms with E-state index in [0.29, 0.717) is 114 Å². The molecule has 8 aromatic heterocycles. The lowest BCUT2D eigenvalue weighted by atomic mass is 9.84. The number of nitro benzene ring substituents is 1. The molecular weight excluding hydrogens is 1700 g/mol. The van der Waals surface area contributed by atoms with Gasteiger partial charge in [0.1, 0.15) is 48.7 Å². The van der Waals surface area contributed by atoms with Gasteiger partial charge in [-0.2, -0.15) is 39.9 Å². The van der Waals surface area contributed by atoms with Gasteiger partial charge < -0.3 is 78.2 Å². The monoisotopic (exact) mass is 1830 g/mol. The third-order valence-corrected chi connectivity index (χ3v) is 19.4. The van der Waals surface area contributed by atoms with E-state index >= 15 is 0 Å². The zero-order valence-electron chi connectivity index (χ0n) is 78.7. The highest BCUT2D eigenvalue weighted by molar-refractivity contribution is 5.93. The van der Waals surface area contributed by atoms with Crippen molar-refractivity contribution in [1.82, 2.24) is 78.1 Å². The molecule has 0 bridgehead atoms. The van der Waals surface area contributed by atoms with E-state index in [1.807, 2.05) is 48.5 Å². The number of esters is 2. The fourth-order valence-electron chi connectivity index (χ4n) is 13.3. The first-order valence-electron chi connectivity index (χ1n) is 44.7. The molecule has 0 atom stereocenters. The number of benzene rings is 2. The quantitative estimate of drug-likeness (QED) is 0.00517. The van der Waals surface area contributed by atoms with Crippen LogP contribution in [0.4, 0.5) is 61.3 Å². The standard InChI is InChI=1S/C23H28N6O7.C23H38N6O4.C23H28N6O2.C22H34N6O4/c1-5-6-7-12-28(22(32)36-23(2,3)4)21-25-19-18(24-14-27(19)13-17(30)31)20(26-21)35-16-10-8-15(9-11-16)29(33)34;1-8-10-11-12-29(22(31)33-23(5,6)7)21-26-19(24-13-16(3)4)18-20(27-21)28(15-25-18)14-17(30)32-9-2;1-2-12-24-21-20-22(29(15-26-20)14-19(30)31)28-23(27-21)25-13-16-8-10-18(11-9-16)17-6-4-3-5-7-17;1-7-10-11-13-28(21(30)32-22(4,5)6)20-25-18(23-12-8-2)17-19(26-20)27(15-24-17)14-16(29)31-9-3/h8-11,14H,5-7,12-13H2,1-4H3,(H,30,31);15-16H,8-14H2,1-7H3,(H,24,26,27);2,8-11,15,17H,1,3-7,12-14H2,(H,30,31)(H2,24,25,27,28);8,15H,2,7,9-14H2,1,3-6H3,(H,23,25,26). The van der Waals surface area contributed by atoms with Gasteiger partial charge in [-0.15, -0.1) is 13.2 Å². The molecule has 1 fully saturated rings. The van der Waals surface area contributed by atoms with Crippen LogP contribution in [0.2, 0.25) is 0 Å². The number of nitrogens with zero attached hydrogens (tertiary/aromatic N) is 20. The van der Waals surface area contributed by atoms with E-state index in [1.165, 1.54) is 111 Å². The lowest BCUT2D eigenvalue weighted by molar-refractivity contribution is -0.384. The van der Waals surface area contributed by atoms with Gasteiger partial charge in [-0.3, -0.25) is 29.3 Å². The Hall–Kier alpha value is -13.8. The van der Waals surface area contributed by atoms with E-state index in [2.05, 4.69) is 146 Å². The molecule has 6 N–H and O–H groups in total. The Bertz CT molecular complexity index is 5510. The molecule has 1 aliphatic carbocycles. The van der Waals surface area contributed by atoms with Crippen molar-refractivity contribution >= 4 is 134 Å². The predicted molar refractivity (Wildman–Crippen MR) is 503 cm³/mol. The number of anilines is 7. The number of hydrogen-bond donors (Lipinski definition) is 6. The molecule has 41 nitrogen and oxygen atoms in total. The zero-order chi connectivity index (χ0) is 96.4. The van der Waals surface area contributed by atoms with E-state index < -0.39 is 64.5 Å². The number of aromatic nitrogens is 16. The number of unbranched alkanes of at least 4 members (excludes halogenated alkanes) is 6. The molecule has 0 saturated heterocycles. The van der Waals surface area contributed by atoms with Crippen molar-refractivity contribution < 1.29 is 77.1 Å². The van der Waals surface area contributed by atoms with Crippen molar-refractivity contribution in [3.8, 4) is 11.6 Å². The van der Waals surface area contributed by atoms with Crippen LogP contribution in [0.5, 0.6) is 11.6 Å². The van der Waals surface area contributed by atoms with Crippen molar-refractivity contribution in [3.63, 3.8) is 0 Å². The molecule has 0 radical (unpaired) electrons. The first kappa shape index (κ1) is 104. The minimum absolute atomic E-state index is 0.0350. The number of rotatable bonds is 41. The smallest absolute Gasteiger partial charge is 0.417 e. The van der Waals surface area contributed by atoms with Gasteiger partial charge in [-0.05, 0) is 143 Å². The van der Waals surface area contributed by atoms with Crippen molar-refractivity contribution in [2.45, 2.75) is 256 Å². The fraction of sp³-hybridized carbons (Fsp3) is 0.527. The third-order valence-electron chi connectivity index (χ3n) is 19.4. The van der Waals surface area contributed by atoms with Crippen LogP contribution in [0, 0.1) is 16.0 Å². The Balaban J connectivity index is 0.000000217. The second-order valence-electron chi connectivity index (χ2n) is 34.5. The maximum Gasteiger partial charge on any atom is 0.417 e. The number of carboxylic acid groups (broad SMARTS) is 2. The molecule has 0 unspecified atom stereocenters. The van der Waals surface area contributed by atoms with Gasteiger partial charge in [0, 0.05) is 57.9 Å². The highest BCUT2D eigenvalue weighted by Gasteiger charge is 2.33. The summed E-state index contributed by atoms with van der Waals surface area (Å²) in [6.45, 7) is 40.6. The van der Waals surface area contributed by atoms with Crippen LogP contribution in [0.25, 0.3) is 44.7 Å². The van der Waals surface area contributed by atoms with E-state index in [4.69, 9.17) is 33.5 Å². The first-order chi connectivity index (χ1) is 62.9. The maximum atomic E-state index is 13.1. The molecule has 11 rings (SSSR count). The topological polar surface area (TPSA) is 491 Å². The number of carboxylic acids is 2. The summed E-state index contributed by atoms with van der Waals surface area (Å²) in [6, 6.07) is 14.1. The summed E-state index contributed by atoms with van der Waals surface area (Å²) in [6.07, 6.45) is 22.0. The van der Waals surface area contributed by atoms with Gasteiger partial charge in [0.15, 0.2) is 62.1 Å². The molecule has 41 heteroatoms. The SMILES string of the molecule is C=CCNc1nc(N(CCCCC)C(=O)OC(C)(C)C)nc2c1ncn2CC(=O)OCC.C=CCNc1nc(NCc2ccc(C3CCCCC3)cc2)nc2c1ncn2CC(=O)O.CCCCCN(C(=O)OC(C)(C)C)c1nc(NCC(C)C)c2ncn(CC(=O)OCC)c2n1.CCCCCN(C(=O)OC(C)(C)C)c1nc(Oc2ccc([N+](=O)[O-])cc2)c2ncn(CC(=O)O)c2n1. The average Bonchev–Trinajstić information content (AvgIpc) is 1.62. The molecule has 8 heterocycles. The molecule has 1 saturated carbocycles. The van der Waals surface area contributed by atoms with E-state index in [1.54, 1.807) is 55.9 Å². The highest BCUT2D eigenvalue weighted by atomic mass is 16.6. The second kappa shape index (κ2) is 49.8. The first-order valence-corrected chi connectivity index (χ1v) is 44.7. The maximum absolute atomic E-state index is 13.1. The second-order valence-corrected chi connectivity index (χ2v) is 34.5. The number of fused-ring (bicyclic) bond motifs is 4. The molecule has 10 aromatic rings. The molecular formula is C91H128N24O17. The number of imidazole rings is 4. The summed E-state index contributed by atoms with van der Waals surface area (Å²) in [7, 11) is 0. The molecule has 0 aliphatic heterocycles. The predicted octanol–water partition coefficient (Wildman–Crippen LogP) is 17.0. The van der Waals surface area contributed by atoms with E-state index in [9.17, 15) is 48.8 Å². The number of non-ortho nitro benzene ring substituents is 1. The van der Waals surface area contributed by atoms with Crippen LogP contribution in [-0.4, -0.2) is 205 Å². The normalized spacial score (nSPS) is 12.1. The van der Waals surface area contributed by atoms with Crippen molar-refractivity contribution in [2.75, 3.05) is 88.4 Å². The van der Waals surface area contributed by atoms with Gasteiger partial charge in [0.2, 0.25) is 23.8 Å². The molecule has 3 amide bonds. The lowest BCUT2D eigenvalue weighted by Gasteiger charge is -2.26. The molecule has 714 valence electrons. The van der Waals surface area contributed by atoms with Gasteiger partial charge in [0.25, 0.3) is 11.6 Å². The number of carbonyl (C=O) groups excluding carboxylic acids is 5. The summed E-state index contributed by atoms with van der Waals surface area (Å²) in [5.41, 5.74) is 3.54. The molecule has 132 heavy (non-hydrogen) atoms. The summed E-state index contributed by atoms with van der Waals surface area (Å²) < 4.78 is 38.8. The zero-order valence-corrected chi connectivity index (χ0v) is 78.7. The Kier molecular flexibility index (Phi) is 39.1. The lowest BCUT2D eigenvalue weighted by Crippen LogP contribution is -2.38. The summed E-state index contributed by atoms with van der Waals surface area (Å²) in [5.74, 6) is 0.651. The Morgan fingerprint density at radius 2 is 0.886 bits per heavy atom. The van der Waals surface area contributed by atoms with Crippen LogP contribution in [0.3, 0.4) is 0 Å². The van der Waals surface area contributed by atoms with Gasteiger partial charge in [-0.1, -0.05) is 129 Å². The summed E-state index contributed by atoms with van der Waals surface area (Å²) >= 11 is 0. The van der Waals surface area contributed by atoms with Gasteiger partial charge in [-0.25, -0.2) is 49.0 Å².